The summed E-state index contributed by atoms with van der Waals surface area (Å²) in [6, 6.07) is 5.12. The molecule has 0 bridgehead atoms. The number of carbonyl (C=O) groups excluding carboxylic acids is 2. The topological polar surface area (TPSA) is 119 Å². The van der Waals surface area contributed by atoms with Gasteiger partial charge in [0, 0.05) is 44.4 Å². The van der Waals surface area contributed by atoms with E-state index in [0.717, 1.165) is 10.6 Å². The second kappa shape index (κ2) is 12.6. The first kappa shape index (κ1) is 30.7. The highest BCUT2D eigenvalue weighted by molar-refractivity contribution is 7.07. The van der Waals surface area contributed by atoms with Gasteiger partial charge in [0.05, 0.1) is 12.2 Å². The average molecular weight is 591 g/mol. The summed E-state index contributed by atoms with van der Waals surface area (Å²) >= 11 is 0.690. The number of nitrogens with one attached hydrogen (secondary N) is 3. The standard InChI is InChI=1S/C24H24F6N6O3S/c1-2-36-21(39)18(40-22(36)15(10-31)20(38)33-13-24(28,29)30)11-32-14-3-4-16(25)17(9-14)34-19(37)12-35-7-5-23(26,27)6-8-35/h3-4,9,11,32H,2,5-8,12-13H2,1H3,(H,33,38)(H,34,37). The lowest BCUT2D eigenvalue weighted by Crippen LogP contribution is -2.43. The van der Waals surface area contributed by atoms with Crippen molar-refractivity contribution in [1.82, 2.24) is 14.8 Å². The third-order valence-corrected chi connectivity index (χ3v) is 6.92. The summed E-state index contributed by atoms with van der Waals surface area (Å²) in [6.45, 7) is -0.267. The molecule has 1 aromatic heterocycles. The van der Waals surface area contributed by atoms with Crippen LogP contribution in [-0.2, 0) is 16.1 Å². The lowest BCUT2D eigenvalue weighted by molar-refractivity contribution is -0.135. The van der Waals surface area contributed by atoms with Gasteiger partial charge in [0.25, 0.3) is 17.4 Å². The van der Waals surface area contributed by atoms with Crippen LogP contribution in [0.4, 0.5) is 37.7 Å². The quantitative estimate of drug-likeness (QED) is 0.405. The predicted molar refractivity (Wildman–Crippen MR) is 135 cm³/mol. The Bertz CT molecular complexity index is 1480. The number of aromatic nitrogens is 1. The van der Waals surface area contributed by atoms with Crippen molar-refractivity contribution < 1.29 is 35.9 Å². The number of anilines is 2. The van der Waals surface area contributed by atoms with E-state index in [0.29, 0.717) is 11.3 Å². The van der Waals surface area contributed by atoms with Crippen LogP contribution in [0.3, 0.4) is 0 Å². The molecule has 216 valence electrons. The van der Waals surface area contributed by atoms with Gasteiger partial charge in [-0.3, -0.25) is 23.9 Å². The first-order valence-electron chi connectivity index (χ1n) is 11.9. The van der Waals surface area contributed by atoms with Crippen LogP contribution in [0.25, 0.3) is 11.8 Å². The molecule has 0 unspecified atom stereocenters. The van der Waals surface area contributed by atoms with Gasteiger partial charge in [-0.15, -0.1) is 11.3 Å². The van der Waals surface area contributed by atoms with Gasteiger partial charge in [-0.1, -0.05) is 0 Å². The molecule has 16 heteroatoms. The van der Waals surface area contributed by atoms with E-state index in [4.69, 9.17) is 0 Å². The Kier molecular flexibility index (Phi) is 9.64. The summed E-state index contributed by atoms with van der Waals surface area (Å²) < 4.78 is 79.2. The SMILES string of the molecule is CCn1c(=C(C#N)C(=O)NCC(F)(F)F)sc(=CNc2ccc(F)c(NC(=O)CN3CCC(F)(F)CC3)c2)c1=O. The van der Waals surface area contributed by atoms with E-state index in [-0.39, 0.29) is 59.6 Å². The zero-order chi connectivity index (χ0) is 29.7. The van der Waals surface area contributed by atoms with E-state index in [1.165, 1.54) is 29.3 Å². The van der Waals surface area contributed by atoms with E-state index in [2.05, 4.69) is 10.6 Å². The molecule has 0 aliphatic carbocycles. The molecule has 3 N–H and O–H groups in total. The molecule has 0 radical (unpaired) electrons. The number of carbonyl (C=O) groups is 2. The van der Waals surface area contributed by atoms with Gasteiger partial charge >= 0.3 is 6.18 Å². The van der Waals surface area contributed by atoms with Crippen molar-refractivity contribution in [3.8, 4) is 6.07 Å². The number of nitriles is 1. The fraction of sp³-hybridized carbons (Fsp3) is 0.417. The Hall–Kier alpha value is -3.84. The number of rotatable bonds is 8. The Labute approximate surface area is 227 Å². The van der Waals surface area contributed by atoms with E-state index in [1.54, 1.807) is 12.2 Å². The summed E-state index contributed by atoms with van der Waals surface area (Å²) in [5.41, 5.74) is -1.27. The maximum Gasteiger partial charge on any atom is 0.405 e. The zero-order valence-electron chi connectivity index (χ0n) is 21.0. The molecule has 40 heavy (non-hydrogen) atoms. The highest BCUT2D eigenvalue weighted by Gasteiger charge is 2.34. The summed E-state index contributed by atoms with van der Waals surface area (Å²) in [7, 11) is 0. The van der Waals surface area contributed by atoms with Crippen LogP contribution >= 0.6 is 11.3 Å². The van der Waals surface area contributed by atoms with Gasteiger partial charge in [-0.2, -0.15) is 18.4 Å². The molecular formula is C24H24F6N6O3S. The maximum absolute atomic E-state index is 14.3. The third kappa shape index (κ3) is 8.09. The Morgan fingerprint density at radius 3 is 2.50 bits per heavy atom. The van der Waals surface area contributed by atoms with Crippen LogP contribution < -0.4 is 30.7 Å². The molecule has 2 heterocycles. The van der Waals surface area contributed by atoms with Crippen molar-refractivity contribution in [2.75, 3.05) is 36.8 Å². The average Bonchev–Trinajstić information content (AvgIpc) is 3.19. The minimum Gasteiger partial charge on any atom is -0.360 e. The normalized spacial score (nSPS) is 16.7. The van der Waals surface area contributed by atoms with Gasteiger partial charge in [0.15, 0.2) is 5.57 Å². The van der Waals surface area contributed by atoms with E-state index in [1.807, 2.05) is 0 Å². The summed E-state index contributed by atoms with van der Waals surface area (Å²) in [5, 5.41) is 16.1. The molecule has 9 nitrogen and oxygen atoms in total. The number of alkyl halides is 5. The molecule has 2 amide bonds. The molecule has 1 aliphatic rings. The number of amides is 2. The lowest BCUT2D eigenvalue weighted by atomic mass is 10.1. The number of thiazole rings is 1. The molecule has 2 aromatic rings. The molecule has 3 rings (SSSR count). The molecule has 1 saturated heterocycles. The van der Waals surface area contributed by atoms with Crippen LogP contribution in [0.1, 0.15) is 19.8 Å². The van der Waals surface area contributed by atoms with Crippen LogP contribution in [0.2, 0.25) is 0 Å². The van der Waals surface area contributed by atoms with E-state index >= 15 is 0 Å². The third-order valence-electron chi connectivity index (χ3n) is 5.79. The van der Waals surface area contributed by atoms with E-state index in [9.17, 15) is 46.0 Å². The van der Waals surface area contributed by atoms with Crippen LogP contribution in [0.15, 0.2) is 23.0 Å². The van der Waals surface area contributed by atoms with Gasteiger partial charge < -0.3 is 16.0 Å². The van der Waals surface area contributed by atoms with Crippen LogP contribution in [-0.4, -0.2) is 59.6 Å². The highest BCUT2D eigenvalue weighted by atomic mass is 32.1. The number of nitrogens with zero attached hydrogens (tertiary/aromatic N) is 3. The molecule has 1 fully saturated rings. The number of piperidine rings is 1. The van der Waals surface area contributed by atoms with Crippen molar-refractivity contribution >= 4 is 46.3 Å². The Morgan fingerprint density at radius 1 is 1.23 bits per heavy atom. The first-order valence-corrected chi connectivity index (χ1v) is 12.7. The second-order valence-electron chi connectivity index (χ2n) is 8.77. The molecule has 0 atom stereocenters. The number of benzene rings is 1. The fourth-order valence-corrected chi connectivity index (χ4v) is 4.83. The number of likely N-dealkylation sites (tertiary alicyclic amines) is 1. The van der Waals surface area contributed by atoms with Gasteiger partial charge in [-0.25, -0.2) is 13.2 Å². The van der Waals surface area contributed by atoms with Gasteiger partial charge in [0.2, 0.25) is 5.91 Å². The van der Waals surface area contributed by atoms with Crippen molar-refractivity contribution in [1.29, 1.82) is 5.26 Å². The van der Waals surface area contributed by atoms with E-state index < -0.39 is 47.4 Å². The predicted octanol–water partition coefficient (Wildman–Crippen LogP) is 1.94. The minimum atomic E-state index is -4.70. The Balaban J connectivity index is 1.80. The van der Waals surface area contributed by atoms with Gasteiger partial charge in [-0.05, 0) is 25.1 Å². The van der Waals surface area contributed by atoms with Crippen LogP contribution in [0, 0.1) is 17.1 Å². The molecular weight excluding hydrogens is 566 g/mol. The molecule has 0 saturated carbocycles. The summed E-state index contributed by atoms with van der Waals surface area (Å²) in [4.78, 5) is 38.9. The molecule has 1 aromatic carbocycles. The molecule has 1 aliphatic heterocycles. The summed E-state index contributed by atoms with van der Waals surface area (Å²) in [6.07, 6.45) is -4.24. The highest BCUT2D eigenvalue weighted by Crippen LogP contribution is 2.27. The van der Waals surface area contributed by atoms with Gasteiger partial charge in [0.1, 0.15) is 27.6 Å². The van der Waals surface area contributed by atoms with Crippen LogP contribution in [0.5, 0.6) is 0 Å². The monoisotopic (exact) mass is 590 g/mol. The fourth-order valence-electron chi connectivity index (χ4n) is 3.75. The lowest BCUT2D eigenvalue weighted by Gasteiger charge is -2.31. The Morgan fingerprint density at radius 2 is 1.90 bits per heavy atom. The second-order valence-corrected chi connectivity index (χ2v) is 9.80. The smallest absolute Gasteiger partial charge is 0.360 e. The number of hydrogen-bond acceptors (Lipinski definition) is 7. The maximum atomic E-state index is 14.3. The minimum absolute atomic E-state index is 0.00923. The van der Waals surface area contributed by atoms with Crippen molar-refractivity contribution in [2.45, 2.75) is 38.4 Å². The zero-order valence-corrected chi connectivity index (χ0v) is 21.8. The van der Waals surface area contributed by atoms with Crippen molar-refractivity contribution in [2.24, 2.45) is 0 Å². The first-order chi connectivity index (χ1) is 18.7. The number of halogens is 6. The largest absolute Gasteiger partial charge is 0.405 e. The summed E-state index contributed by atoms with van der Waals surface area (Å²) in [5.74, 6) is -5.44. The number of hydrogen-bond donors (Lipinski definition) is 3. The molecule has 0 spiro atoms. The van der Waals surface area contributed by atoms with Crippen molar-refractivity contribution in [3.05, 3.63) is 43.6 Å². The van der Waals surface area contributed by atoms with Crippen molar-refractivity contribution in [3.63, 3.8) is 0 Å².